The molecule has 0 amide bonds. The lowest BCUT2D eigenvalue weighted by Gasteiger charge is -2.04. The first-order valence-electron chi connectivity index (χ1n) is 7.40. The van der Waals surface area contributed by atoms with Gasteiger partial charge in [-0.05, 0) is 35.9 Å². The molecule has 0 saturated heterocycles. The maximum absolute atomic E-state index is 5.55. The summed E-state index contributed by atoms with van der Waals surface area (Å²) in [5, 5.41) is 8.50. The Morgan fingerprint density at radius 2 is 2.17 bits per heavy atom. The summed E-state index contributed by atoms with van der Waals surface area (Å²) in [5.74, 6) is 1.00. The van der Waals surface area contributed by atoms with Gasteiger partial charge in [0.05, 0.1) is 17.1 Å². The minimum Gasteiger partial charge on any atom is -0.493 e. The number of aromatic nitrogens is 2. The van der Waals surface area contributed by atoms with Crippen molar-refractivity contribution in [1.82, 2.24) is 9.38 Å². The van der Waals surface area contributed by atoms with E-state index in [9.17, 15) is 0 Å². The van der Waals surface area contributed by atoms with Gasteiger partial charge >= 0.3 is 0 Å². The summed E-state index contributed by atoms with van der Waals surface area (Å²) >= 11 is 3.36. The van der Waals surface area contributed by atoms with E-state index in [1.54, 1.807) is 22.7 Å². The van der Waals surface area contributed by atoms with Crippen LogP contribution in [0, 0.1) is 0 Å². The van der Waals surface area contributed by atoms with Crippen LogP contribution in [-0.2, 0) is 6.42 Å². The highest BCUT2D eigenvalue weighted by Crippen LogP contribution is 2.32. The Balaban J connectivity index is 1.44. The minimum absolute atomic E-state index is 0.783. The predicted octanol–water partition coefficient (Wildman–Crippen LogP) is 4.80. The van der Waals surface area contributed by atoms with Crippen LogP contribution in [0.15, 0.2) is 47.3 Å². The highest BCUT2D eigenvalue weighted by atomic mass is 32.1. The Morgan fingerprint density at radius 1 is 1.17 bits per heavy atom. The molecule has 0 aliphatic carbocycles. The summed E-state index contributed by atoms with van der Waals surface area (Å²) in [6, 6.07) is 10.5. The maximum Gasteiger partial charge on any atom is 0.187 e. The number of rotatable bonds is 3. The van der Waals surface area contributed by atoms with Crippen LogP contribution in [0.1, 0.15) is 5.56 Å². The summed E-state index contributed by atoms with van der Waals surface area (Å²) in [4.78, 5) is 5.97. The summed E-state index contributed by atoms with van der Waals surface area (Å²) < 4.78 is 7.72. The molecule has 4 heterocycles. The van der Waals surface area contributed by atoms with Gasteiger partial charge in [-0.15, -0.1) is 22.7 Å². The smallest absolute Gasteiger partial charge is 0.187 e. The van der Waals surface area contributed by atoms with E-state index >= 15 is 0 Å². The molecule has 0 saturated carbocycles. The SMILES string of the molecule is c1cn2c(-c3csc(Nc4ccc5c(c4)CCO5)n3)ccc2s1. The lowest BCUT2D eigenvalue weighted by molar-refractivity contribution is 0.357. The van der Waals surface area contributed by atoms with Crippen molar-refractivity contribution in [2.24, 2.45) is 0 Å². The number of anilines is 2. The van der Waals surface area contributed by atoms with Crippen LogP contribution in [-0.4, -0.2) is 16.0 Å². The van der Waals surface area contributed by atoms with Gasteiger partial charge in [-0.3, -0.25) is 0 Å². The van der Waals surface area contributed by atoms with Crippen molar-refractivity contribution < 1.29 is 4.74 Å². The van der Waals surface area contributed by atoms with Crippen LogP contribution in [0.3, 0.4) is 0 Å². The van der Waals surface area contributed by atoms with Gasteiger partial charge in [-0.1, -0.05) is 0 Å². The number of hydrogen-bond donors (Lipinski definition) is 1. The summed E-state index contributed by atoms with van der Waals surface area (Å²) in [5.41, 5.74) is 4.46. The highest BCUT2D eigenvalue weighted by Gasteiger charge is 2.13. The molecule has 4 nitrogen and oxygen atoms in total. The molecule has 1 N–H and O–H groups in total. The Bertz CT molecular complexity index is 998. The fraction of sp³-hybridized carbons (Fsp3) is 0.118. The molecule has 0 fully saturated rings. The van der Waals surface area contributed by atoms with Gasteiger partial charge in [-0.2, -0.15) is 0 Å². The van der Waals surface area contributed by atoms with Gasteiger partial charge in [0, 0.05) is 29.1 Å². The van der Waals surface area contributed by atoms with Crippen molar-refractivity contribution in [1.29, 1.82) is 0 Å². The second kappa shape index (κ2) is 5.11. The normalized spacial score (nSPS) is 13.2. The van der Waals surface area contributed by atoms with Gasteiger partial charge in [-0.25, -0.2) is 4.98 Å². The van der Waals surface area contributed by atoms with Crippen molar-refractivity contribution in [2.45, 2.75) is 6.42 Å². The number of thiazole rings is 2. The van der Waals surface area contributed by atoms with Crippen molar-refractivity contribution in [3.8, 4) is 17.1 Å². The molecule has 3 aromatic heterocycles. The first-order chi connectivity index (χ1) is 11.4. The van der Waals surface area contributed by atoms with Gasteiger partial charge in [0.1, 0.15) is 11.4 Å². The molecule has 0 radical (unpaired) electrons. The summed E-state index contributed by atoms with van der Waals surface area (Å²) in [7, 11) is 0. The van der Waals surface area contributed by atoms with E-state index < -0.39 is 0 Å². The molecule has 0 unspecified atom stereocenters. The largest absolute Gasteiger partial charge is 0.493 e. The second-order valence-corrected chi connectivity index (χ2v) is 7.20. The quantitative estimate of drug-likeness (QED) is 0.582. The van der Waals surface area contributed by atoms with Gasteiger partial charge < -0.3 is 14.5 Å². The molecule has 4 aromatic rings. The van der Waals surface area contributed by atoms with Crippen LogP contribution in [0.2, 0.25) is 0 Å². The number of hydrogen-bond acceptors (Lipinski definition) is 5. The molecule has 114 valence electrons. The van der Waals surface area contributed by atoms with Crippen molar-refractivity contribution in [3.05, 3.63) is 52.9 Å². The van der Waals surface area contributed by atoms with Crippen LogP contribution >= 0.6 is 22.7 Å². The maximum atomic E-state index is 5.55. The highest BCUT2D eigenvalue weighted by molar-refractivity contribution is 7.15. The first-order valence-corrected chi connectivity index (χ1v) is 9.16. The molecule has 1 aromatic carbocycles. The van der Waals surface area contributed by atoms with E-state index in [0.29, 0.717) is 0 Å². The lowest BCUT2D eigenvalue weighted by atomic mass is 10.1. The molecule has 0 bridgehead atoms. The fourth-order valence-corrected chi connectivity index (χ4v) is 4.35. The molecule has 5 rings (SSSR count). The van der Waals surface area contributed by atoms with Crippen LogP contribution in [0.5, 0.6) is 5.75 Å². The predicted molar refractivity (Wildman–Crippen MR) is 95.3 cm³/mol. The number of nitrogens with zero attached hydrogens (tertiary/aromatic N) is 2. The number of benzene rings is 1. The number of fused-ring (bicyclic) bond motifs is 2. The molecule has 6 heteroatoms. The molecule has 1 aliphatic heterocycles. The van der Waals surface area contributed by atoms with Crippen molar-refractivity contribution >= 4 is 38.3 Å². The monoisotopic (exact) mass is 339 g/mol. The van der Waals surface area contributed by atoms with Crippen LogP contribution in [0.4, 0.5) is 10.8 Å². The third kappa shape index (κ3) is 2.22. The first kappa shape index (κ1) is 13.2. The van der Waals surface area contributed by atoms with E-state index in [1.165, 1.54) is 10.4 Å². The molecular formula is C17H13N3OS2. The average molecular weight is 339 g/mol. The third-order valence-corrected chi connectivity index (χ3v) is 5.58. The van der Waals surface area contributed by atoms with Gasteiger partial charge in [0.2, 0.25) is 0 Å². The van der Waals surface area contributed by atoms with E-state index in [4.69, 9.17) is 9.72 Å². The zero-order chi connectivity index (χ0) is 15.2. The molecular weight excluding hydrogens is 326 g/mol. The van der Waals surface area contributed by atoms with Crippen LogP contribution < -0.4 is 10.1 Å². The van der Waals surface area contributed by atoms with E-state index in [0.717, 1.165) is 41.0 Å². The summed E-state index contributed by atoms with van der Waals surface area (Å²) in [6.45, 7) is 0.783. The van der Waals surface area contributed by atoms with E-state index in [-0.39, 0.29) is 0 Å². The van der Waals surface area contributed by atoms with Gasteiger partial charge in [0.25, 0.3) is 0 Å². The Kier molecular flexibility index (Phi) is 2.92. The Labute approximate surface area is 141 Å². The van der Waals surface area contributed by atoms with E-state index in [1.807, 2.05) is 12.1 Å². The Hall–Kier alpha value is -2.31. The van der Waals surface area contributed by atoms with Crippen LogP contribution in [0.25, 0.3) is 16.2 Å². The average Bonchev–Trinajstić information content (AvgIpc) is 3.31. The zero-order valence-corrected chi connectivity index (χ0v) is 13.8. The molecule has 0 spiro atoms. The Morgan fingerprint density at radius 3 is 3.17 bits per heavy atom. The van der Waals surface area contributed by atoms with Crippen molar-refractivity contribution in [3.63, 3.8) is 0 Å². The second-order valence-electron chi connectivity index (χ2n) is 5.41. The fourth-order valence-electron chi connectivity index (χ4n) is 2.89. The van der Waals surface area contributed by atoms with Crippen molar-refractivity contribution in [2.75, 3.05) is 11.9 Å². The van der Waals surface area contributed by atoms with Gasteiger partial charge in [0.15, 0.2) is 5.13 Å². The lowest BCUT2D eigenvalue weighted by Crippen LogP contribution is -1.91. The standard InChI is InChI=1S/C17H13N3OS2/c1-3-15-11(5-7-21-15)9-12(1)18-17-19-13(10-23-17)14-2-4-16-20(14)6-8-22-16/h1-4,6,8-10H,5,7H2,(H,18,19). The van der Waals surface area contributed by atoms with E-state index in [2.05, 4.69) is 44.9 Å². The number of ether oxygens (including phenoxy) is 1. The zero-order valence-electron chi connectivity index (χ0n) is 12.2. The molecule has 0 atom stereocenters. The summed E-state index contributed by atoms with van der Waals surface area (Å²) in [6.07, 6.45) is 3.07. The minimum atomic E-state index is 0.783. The topological polar surface area (TPSA) is 38.6 Å². The third-order valence-electron chi connectivity index (χ3n) is 3.99. The molecule has 1 aliphatic rings. The number of nitrogens with one attached hydrogen (secondary N) is 1. The molecule has 23 heavy (non-hydrogen) atoms.